The minimum Gasteiger partial charge on any atom is -0.381 e. The molecule has 2 unspecified atom stereocenters. The maximum absolute atomic E-state index is 5.40. The fraction of sp³-hybridized carbons (Fsp3) is 0.846. The van der Waals surface area contributed by atoms with Gasteiger partial charge in [0.05, 0.1) is 0 Å². The van der Waals surface area contributed by atoms with Gasteiger partial charge in [0.2, 0.25) is 0 Å². The van der Waals surface area contributed by atoms with Crippen molar-refractivity contribution in [1.82, 2.24) is 5.32 Å². The maximum atomic E-state index is 5.40. The first-order valence-corrected chi connectivity index (χ1v) is 6.11. The highest BCUT2D eigenvalue weighted by molar-refractivity contribution is 4.84. The second kappa shape index (κ2) is 7.73. The molecule has 0 aromatic heterocycles. The summed E-state index contributed by atoms with van der Waals surface area (Å²) < 4.78 is 5.40. The van der Waals surface area contributed by atoms with Crippen molar-refractivity contribution in [1.29, 1.82) is 0 Å². The molecule has 0 aliphatic carbocycles. The van der Waals surface area contributed by atoms with E-state index in [0.717, 1.165) is 38.5 Å². The normalized spacial score (nSPS) is 22.5. The molecule has 0 spiro atoms. The van der Waals surface area contributed by atoms with Crippen LogP contribution >= 0.6 is 0 Å². The van der Waals surface area contributed by atoms with E-state index in [1.165, 1.54) is 19.3 Å². The van der Waals surface area contributed by atoms with Gasteiger partial charge < -0.3 is 10.1 Å². The van der Waals surface area contributed by atoms with Gasteiger partial charge in [-0.25, -0.2) is 0 Å². The molecule has 2 nitrogen and oxygen atoms in total. The molecule has 2 atom stereocenters. The van der Waals surface area contributed by atoms with Crippen LogP contribution in [0.2, 0.25) is 0 Å². The number of terminal acetylenes is 1. The number of hydrogen-bond acceptors (Lipinski definition) is 2. The molecule has 1 N–H and O–H groups in total. The van der Waals surface area contributed by atoms with Crippen molar-refractivity contribution >= 4 is 0 Å². The Kier molecular flexibility index (Phi) is 6.47. The van der Waals surface area contributed by atoms with Gasteiger partial charge in [-0.15, -0.1) is 12.3 Å². The third-order valence-electron chi connectivity index (χ3n) is 3.01. The summed E-state index contributed by atoms with van der Waals surface area (Å²) in [5.74, 6) is 3.47. The molecule has 1 fully saturated rings. The van der Waals surface area contributed by atoms with Gasteiger partial charge in [0.25, 0.3) is 0 Å². The molecule has 0 bridgehead atoms. The molecule has 1 saturated heterocycles. The quantitative estimate of drug-likeness (QED) is 0.512. The van der Waals surface area contributed by atoms with Crippen molar-refractivity contribution in [3.63, 3.8) is 0 Å². The summed E-state index contributed by atoms with van der Waals surface area (Å²) in [6.45, 7) is 5.12. The lowest BCUT2D eigenvalue weighted by Crippen LogP contribution is -2.31. The zero-order valence-corrected chi connectivity index (χ0v) is 9.80. The molecule has 0 amide bonds. The van der Waals surface area contributed by atoms with Gasteiger partial charge in [0.15, 0.2) is 0 Å². The first-order chi connectivity index (χ1) is 7.36. The van der Waals surface area contributed by atoms with Crippen molar-refractivity contribution < 1.29 is 4.74 Å². The predicted molar refractivity (Wildman–Crippen MR) is 63.7 cm³/mol. The summed E-state index contributed by atoms with van der Waals surface area (Å²) in [5, 5.41) is 3.54. The van der Waals surface area contributed by atoms with Crippen LogP contribution in [0.5, 0.6) is 0 Å². The van der Waals surface area contributed by atoms with E-state index in [2.05, 4.69) is 18.2 Å². The highest BCUT2D eigenvalue weighted by Crippen LogP contribution is 2.20. The van der Waals surface area contributed by atoms with Crippen LogP contribution in [-0.2, 0) is 4.74 Å². The Bertz CT molecular complexity index is 191. The van der Waals surface area contributed by atoms with Crippen LogP contribution in [0.4, 0.5) is 0 Å². The first-order valence-electron chi connectivity index (χ1n) is 6.11. The summed E-state index contributed by atoms with van der Waals surface area (Å²) in [6, 6.07) is 0.634. The SMILES string of the molecule is C#CCCCC(CC1CCOC1)NCC. The lowest BCUT2D eigenvalue weighted by Gasteiger charge is -2.20. The number of nitrogens with one attached hydrogen (secondary N) is 1. The molecule has 0 saturated carbocycles. The smallest absolute Gasteiger partial charge is 0.0495 e. The number of hydrogen-bond donors (Lipinski definition) is 1. The molecule has 86 valence electrons. The second-order valence-electron chi connectivity index (χ2n) is 4.32. The predicted octanol–water partition coefficient (Wildman–Crippen LogP) is 2.19. The van der Waals surface area contributed by atoms with Crippen molar-refractivity contribution in [3.8, 4) is 12.3 Å². The topological polar surface area (TPSA) is 21.3 Å². The van der Waals surface area contributed by atoms with Crippen molar-refractivity contribution in [2.45, 2.75) is 45.1 Å². The molecular weight excluding hydrogens is 186 g/mol. The number of rotatable bonds is 7. The van der Waals surface area contributed by atoms with Gasteiger partial charge in [-0.05, 0) is 38.1 Å². The summed E-state index contributed by atoms with van der Waals surface area (Å²) >= 11 is 0. The zero-order valence-electron chi connectivity index (χ0n) is 9.80. The van der Waals surface area contributed by atoms with Crippen molar-refractivity contribution in [3.05, 3.63) is 0 Å². The maximum Gasteiger partial charge on any atom is 0.0495 e. The van der Waals surface area contributed by atoms with Gasteiger partial charge >= 0.3 is 0 Å². The Morgan fingerprint density at radius 3 is 3.07 bits per heavy atom. The van der Waals surface area contributed by atoms with E-state index in [1.54, 1.807) is 0 Å². The first kappa shape index (κ1) is 12.5. The average Bonchev–Trinajstić information content (AvgIpc) is 2.71. The van der Waals surface area contributed by atoms with Crippen molar-refractivity contribution in [2.75, 3.05) is 19.8 Å². The van der Waals surface area contributed by atoms with Crippen molar-refractivity contribution in [2.24, 2.45) is 5.92 Å². The monoisotopic (exact) mass is 209 g/mol. The zero-order chi connectivity index (χ0) is 10.9. The molecule has 15 heavy (non-hydrogen) atoms. The Hall–Kier alpha value is -0.520. The Morgan fingerprint density at radius 1 is 1.60 bits per heavy atom. The molecule has 0 aromatic carbocycles. The standard InChI is InChI=1S/C13H23NO/c1-3-5-6-7-13(14-4-2)10-12-8-9-15-11-12/h1,12-14H,4-11H2,2H3. The average molecular weight is 209 g/mol. The van der Waals surface area contributed by atoms with Crippen LogP contribution in [0.25, 0.3) is 0 Å². The molecule has 1 aliphatic heterocycles. The molecule has 1 rings (SSSR count). The van der Waals surface area contributed by atoms with Gasteiger partial charge in [-0.3, -0.25) is 0 Å². The second-order valence-corrected chi connectivity index (χ2v) is 4.32. The summed E-state index contributed by atoms with van der Waals surface area (Å²) in [7, 11) is 0. The number of ether oxygens (including phenoxy) is 1. The fourth-order valence-corrected chi connectivity index (χ4v) is 2.21. The summed E-state index contributed by atoms with van der Waals surface area (Å²) in [5.41, 5.74) is 0. The molecule has 1 aliphatic rings. The van der Waals surface area contributed by atoms with Crippen LogP contribution < -0.4 is 5.32 Å². The molecule has 0 aromatic rings. The highest BCUT2D eigenvalue weighted by Gasteiger charge is 2.19. The van der Waals surface area contributed by atoms with E-state index < -0.39 is 0 Å². The van der Waals surface area contributed by atoms with E-state index in [4.69, 9.17) is 11.2 Å². The van der Waals surface area contributed by atoms with Gasteiger partial charge in [-0.1, -0.05) is 6.92 Å². The minimum absolute atomic E-state index is 0.634. The van der Waals surface area contributed by atoms with Crippen LogP contribution in [0.3, 0.4) is 0 Å². The molecule has 0 radical (unpaired) electrons. The molecular formula is C13H23NO. The van der Waals surface area contributed by atoms with Crippen LogP contribution in [0, 0.1) is 18.3 Å². The third kappa shape index (κ3) is 5.20. The summed E-state index contributed by atoms with van der Waals surface area (Å²) in [4.78, 5) is 0. The van der Waals surface area contributed by atoms with Gasteiger partial charge in [-0.2, -0.15) is 0 Å². The van der Waals surface area contributed by atoms with Crippen LogP contribution in [0.1, 0.15) is 39.0 Å². The lowest BCUT2D eigenvalue weighted by atomic mass is 9.95. The van der Waals surface area contributed by atoms with Crippen LogP contribution in [-0.4, -0.2) is 25.8 Å². The lowest BCUT2D eigenvalue weighted by molar-refractivity contribution is 0.181. The number of unbranched alkanes of at least 4 members (excludes halogenated alkanes) is 1. The Morgan fingerprint density at radius 2 is 2.47 bits per heavy atom. The Balaban J connectivity index is 2.19. The Labute approximate surface area is 93.8 Å². The van der Waals surface area contributed by atoms with Gasteiger partial charge in [0, 0.05) is 25.7 Å². The van der Waals surface area contributed by atoms with E-state index in [-0.39, 0.29) is 0 Å². The molecule has 1 heterocycles. The minimum atomic E-state index is 0.634. The van der Waals surface area contributed by atoms with E-state index in [9.17, 15) is 0 Å². The van der Waals surface area contributed by atoms with Gasteiger partial charge in [0.1, 0.15) is 0 Å². The third-order valence-corrected chi connectivity index (χ3v) is 3.01. The summed E-state index contributed by atoms with van der Waals surface area (Å²) in [6.07, 6.45) is 11.0. The largest absolute Gasteiger partial charge is 0.381 e. The fourth-order valence-electron chi connectivity index (χ4n) is 2.21. The van der Waals surface area contributed by atoms with E-state index in [1.807, 2.05) is 0 Å². The highest BCUT2D eigenvalue weighted by atomic mass is 16.5. The van der Waals surface area contributed by atoms with E-state index >= 15 is 0 Å². The van der Waals surface area contributed by atoms with E-state index in [0.29, 0.717) is 6.04 Å². The molecule has 2 heteroatoms. The van der Waals surface area contributed by atoms with Crippen LogP contribution in [0.15, 0.2) is 0 Å².